The fraction of sp³-hybridized carbons (Fsp3) is 0.750. The number of nitrogens with two attached hydrogens (primary N) is 1. The van der Waals surface area contributed by atoms with Crippen LogP contribution in [0.1, 0.15) is 37.8 Å². The van der Waals surface area contributed by atoms with Gasteiger partial charge in [-0.2, -0.15) is 4.98 Å². The van der Waals surface area contributed by atoms with E-state index in [1.54, 1.807) is 6.26 Å². The Morgan fingerprint density at radius 2 is 2.19 bits per heavy atom. The number of aromatic nitrogens is 1. The van der Waals surface area contributed by atoms with Gasteiger partial charge in [0.25, 0.3) is 6.01 Å². The van der Waals surface area contributed by atoms with Gasteiger partial charge in [0.1, 0.15) is 6.26 Å². The molecule has 16 heavy (non-hydrogen) atoms. The highest BCUT2D eigenvalue weighted by Gasteiger charge is 2.17. The van der Waals surface area contributed by atoms with Crippen LogP contribution in [0.5, 0.6) is 0 Å². The van der Waals surface area contributed by atoms with Crippen LogP contribution in [-0.2, 0) is 6.54 Å². The molecule has 0 atom stereocenters. The molecule has 1 fully saturated rings. The number of hydrogen-bond donors (Lipinski definition) is 1. The highest BCUT2D eigenvalue weighted by Crippen LogP contribution is 2.25. The summed E-state index contributed by atoms with van der Waals surface area (Å²) in [7, 11) is 2.04. The minimum absolute atomic E-state index is 0.445. The fourth-order valence-electron chi connectivity index (χ4n) is 2.40. The molecule has 0 aliphatic heterocycles. The molecule has 90 valence electrons. The van der Waals surface area contributed by atoms with Crippen LogP contribution in [0.4, 0.5) is 6.01 Å². The molecule has 0 bridgehead atoms. The third-order valence-electron chi connectivity index (χ3n) is 3.33. The van der Waals surface area contributed by atoms with Crippen LogP contribution in [0.3, 0.4) is 0 Å². The van der Waals surface area contributed by atoms with Gasteiger partial charge in [-0.1, -0.05) is 19.3 Å². The first-order valence-corrected chi connectivity index (χ1v) is 6.15. The van der Waals surface area contributed by atoms with Crippen molar-refractivity contribution in [2.75, 3.05) is 18.5 Å². The summed E-state index contributed by atoms with van der Waals surface area (Å²) in [5.41, 5.74) is 6.33. The Bertz CT molecular complexity index is 318. The first kappa shape index (κ1) is 11.5. The summed E-state index contributed by atoms with van der Waals surface area (Å²) in [6, 6.07) is 0.700. The molecular formula is C12H21N3O. The van der Waals surface area contributed by atoms with Gasteiger partial charge in [-0.15, -0.1) is 0 Å². The molecule has 4 heteroatoms. The Labute approximate surface area is 96.8 Å². The fourth-order valence-corrected chi connectivity index (χ4v) is 2.40. The van der Waals surface area contributed by atoms with Crippen LogP contribution >= 0.6 is 0 Å². The highest BCUT2D eigenvalue weighted by atomic mass is 16.4. The molecule has 0 amide bonds. The van der Waals surface area contributed by atoms with Crippen LogP contribution in [0.15, 0.2) is 10.7 Å². The van der Waals surface area contributed by atoms with E-state index in [2.05, 4.69) is 9.88 Å². The van der Waals surface area contributed by atoms with Crippen molar-refractivity contribution in [2.45, 2.75) is 38.6 Å². The Morgan fingerprint density at radius 3 is 2.81 bits per heavy atom. The molecule has 0 aromatic carbocycles. The lowest BCUT2D eigenvalue weighted by Crippen LogP contribution is -2.27. The number of hydrogen-bond acceptors (Lipinski definition) is 4. The summed E-state index contributed by atoms with van der Waals surface area (Å²) in [5.74, 6) is 0.798. The van der Waals surface area contributed by atoms with Crippen molar-refractivity contribution in [3.05, 3.63) is 12.0 Å². The smallest absolute Gasteiger partial charge is 0.297 e. The normalized spacial score (nSPS) is 17.6. The predicted octanol–water partition coefficient (Wildman–Crippen LogP) is 2.15. The van der Waals surface area contributed by atoms with E-state index in [4.69, 9.17) is 10.2 Å². The van der Waals surface area contributed by atoms with E-state index in [9.17, 15) is 0 Å². The van der Waals surface area contributed by atoms with Gasteiger partial charge < -0.3 is 15.1 Å². The molecule has 1 saturated carbocycles. The summed E-state index contributed by atoms with van der Waals surface area (Å²) < 4.78 is 5.39. The van der Waals surface area contributed by atoms with Crippen molar-refractivity contribution in [3.63, 3.8) is 0 Å². The molecule has 1 aromatic rings. The van der Waals surface area contributed by atoms with E-state index >= 15 is 0 Å². The second-order valence-corrected chi connectivity index (χ2v) is 4.71. The van der Waals surface area contributed by atoms with Crippen LogP contribution in [0, 0.1) is 5.92 Å². The van der Waals surface area contributed by atoms with E-state index in [1.807, 2.05) is 7.05 Å². The highest BCUT2D eigenvalue weighted by molar-refractivity contribution is 5.25. The van der Waals surface area contributed by atoms with Gasteiger partial charge in [0.2, 0.25) is 0 Å². The zero-order valence-corrected chi connectivity index (χ0v) is 9.98. The van der Waals surface area contributed by atoms with Crippen molar-refractivity contribution in [1.82, 2.24) is 4.98 Å². The summed E-state index contributed by atoms with van der Waals surface area (Å²) in [5, 5.41) is 0. The lowest BCUT2D eigenvalue weighted by molar-refractivity contribution is 0.356. The van der Waals surface area contributed by atoms with Gasteiger partial charge >= 0.3 is 0 Å². The minimum Gasteiger partial charge on any atom is -0.432 e. The van der Waals surface area contributed by atoms with Crippen molar-refractivity contribution < 1.29 is 4.42 Å². The van der Waals surface area contributed by atoms with E-state index in [-0.39, 0.29) is 0 Å². The first-order chi connectivity index (χ1) is 7.79. The quantitative estimate of drug-likeness (QED) is 0.849. The monoisotopic (exact) mass is 223 g/mol. The SMILES string of the molecule is CN(CC1CCCCC1)c1nc(CN)co1. The minimum atomic E-state index is 0.445. The predicted molar refractivity (Wildman–Crippen MR) is 64.2 cm³/mol. The van der Waals surface area contributed by atoms with Gasteiger partial charge in [-0.25, -0.2) is 0 Å². The van der Waals surface area contributed by atoms with Crippen molar-refractivity contribution in [2.24, 2.45) is 11.7 Å². The molecule has 2 N–H and O–H groups in total. The average Bonchev–Trinajstić information content (AvgIpc) is 2.79. The summed E-state index contributed by atoms with van der Waals surface area (Å²) in [6.45, 7) is 1.49. The number of nitrogens with zero attached hydrogens (tertiary/aromatic N) is 2. The zero-order chi connectivity index (χ0) is 11.4. The van der Waals surface area contributed by atoms with E-state index in [0.29, 0.717) is 12.6 Å². The van der Waals surface area contributed by atoms with E-state index < -0.39 is 0 Å². The standard InChI is InChI=1S/C12H21N3O/c1-15(8-10-5-3-2-4-6-10)12-14-11(7-13)9-16-12/h9-10H,2-8,13H2,1H3. The summed E-state index contributed by atoms with van der Waals surface area (Å²) in [4.78, 5) is 6.43. The lowest BCUT2D eigenvalue weighted by atomic mass is 9.89. The summed E-state index contributed by atoms with van der Waals surface area (Å²) >= 11 is 0. The van der Waals surface area contributed by atoms with E-state index in [0.717, 1.165) is 18.2 Å². The van der Waals surface area contributed by atoms with E-state index in [1.165, 1.54) is 32.1 Å². The molecule has 1 heterocycles. The topological polar surface area (TPSA) is 55.3 Å². The average molecular weight is 223 g/mol. The van der Waals surface area contributed by atoms with Crippen LogP contribution in [0.2, 0.25) is 0 Å². The maximum Gasteiger partial charge on any atom is 0.297 e. The van der Waals surface area contributed by atoms with Gasteiger partial charge in [0, 0.05) is 20.1 Å². The number of oxazole rings is 1. The van der Waals surface area contributed by atoms with Crippen molar-refractivity contribution in [3.8, 4) is 0 Å². The maximum atomic E-state index is 5.51. The van der Waals surface area contributed by atoms with Crippen LogP contribution in [0.25, 0.3) is 0 Å². The summed E-state index contributed by atoms with van der Waals surface area (Å²) in [6.07, 6.45) is 8.48. The van der Waals surface area contributed by atoms with Crippen LogP contribution in [-0.4, -0.2) is 18.6 Å². The van der Waals surface area contributed by atoms with Crippen LogP contribution < -0.4 is 10.6 Å². The Morgan fingerprint density at radius 1 is 1.44 bits per heavy atom. The molecule has 0 spiro atoms. The Hall–Kier alpha value is -1.03. The lowest BCUT2D eigenvalue weighted by Gasteiger charge is -2.25. The van der Waals surface area contributed by atoms with Crippen molar-refractivity contribution in [1.29, 1.82) is 0 Å². The molecule has 1 aliphatic rings. The molecule has 0 unspecified atom stereocenters. The van der Waals surface area contributed by atoms with Gasteiger partial charge in [0.05, 0.1) is 5.69 Å². The second kappa shape index (κ2) is 5.34. The Kier molecular flexibility index (Phi) is 3.83. The second-order valence-electron chi connectivity index (χ2n) is 4.71. The molecule has 2 rings (SSSR count). The molecule has 0 radical (unpaired) electrons. The number of anilines is 1. The van der Waals surface area contributed by atoms with Gasteiger partial charge in [0.15, 0.2) is 0 Å². The molecular weight excluding hydrogens is 202 g/mol. The zero-order valence-electron chi connectivity index (χ0n) is 9.98. The first-order valence-electron chi connectivity index (χ1n) is 6.15. The molecule has 1 aromatic heterocycles. The Balaban J connectivity index is 1.88. The molecule has 4 nitrogen and oxygen atoms in total. The van der Waals surface area contributed by atoms with Gasteiger partial charge in [-0.3, -0.25) is 0 Å². The van der Waals surface area contributed by atoms with Gasteiger partial charge in [-0.05, 0) is 18.8 Å². The number of rotatable bonds is 4. The maximum absolute atomic E-state index is 5.51. The third-order valence-corrected chi connectivity index (χ3v) is 3.33. The van der Waals surface area contributed by atoms with Crippen molar-refractivity contribution >= 4 is 6.01 Å². The molecule has 1 aliphatic carbocycles. The molecule has 0 saturated heterocycles. The third kappa shape index (κ3) is 2.76. The largest absolute Gasteiger partial charge is 0.432 e.